The van der Waals surface area contributed by atoms with E-state index in [0.717, 1.165) is 25.9 Å². The Hall–Kier alpha value is -0.810. The van der Waals surface area contributed by atoms with Crippen LogP contribution in [0.4, 0.5) is 8.78 Å². The van der Waals surface area contributed by atoms with Crippen LogP contribution < -0.4 is 0 Å². The van der Waals surface area contributed by atoms with Crippen molar-refractivity contribution in [2.75, 3.05) is 0 Å². The number of Topliss-reactive ketones (excluding diaryl/α,β-unsaturated/α-hetero) is 1. The zero-order valence-corrected chi connectivity index (χ0v) is 9.74. The van der Waals surface area contributed by atoms with Crippen LogP contribution in [0.2, 0.25) is 0 Å². The minimum Gasteiger partial charge on any atom is -0.287 e. The van der Waals surface area contributed by atoms with Crippen molar-refractivity contribution in [3.63, 3.8) is 0 Å². The summed E-state index contributed by atoms with van der Waals surface area (Å²) in [5.74, 6) is -1.11. The van der Waals surface area contributed by atoms with E-state index in [1.807, 2.05) is 6.07 Å². The maximum atomic E-state index is 12.2. The molecule has 0 aliphatic rings. The van der Waals surface area contributed by atoms with Crippen LogP contribution in [0.5, 0.6) is 0 Å². The number of alkyl halides is 2. The van der Waals surface area contributed by atoms with Crippen LogP contribution in [-0.2, 0) is 0 Å². The number of benzene rings is 1. The molecule has 78 valence electrons. The molecule has 5 heteroatoms. The quantitative estimate of drug-likeness (QED) is 0.761. The summed E-state index contributed by atoms with van der Waals surface area (Å²) in [5, 5.41) is 0.798. The van der Waals surface area contributed by atoms with E-state index in [9.17, 15) is 13.6 Å². The van der Waals surface area contributed by atoms with Gasteiger partial charge in [-0.3, -0.25) is 4.79 Å². The molecule has 2 rings (SSSR count). The molecule has 0 radical (unpaired) electrons. The molecule has 15 heavy (non-hydrogen) atoms. The molecule has 0 aliphatic heterocycles. The summed E-state index contributed by atoms with van der Waals surface area (Å²) in [6.45, 7) is 0. The molecule has 1 aromatic heterocycles. The highest BCUT2D eigenvalue weighted by molar-refractivity contribution is 9.10. The van der Waals surface area contributed by atoms with Gasteiger partial charge in [-0.2, -0.15) is 0 Å². The van der Waals surface area contributed by atoms with Crippen LogP contribution in [0.25, 0.3) is 10.1 Å². The van der Waals surface area contributed by atoms with Gasteiger partial charge in [0, 0.05) is 14.6 Å². The number of hydrogen-bond acceptors (Lipinski definition) is 2. The first-order chi connectivity index (χ1) is 7.09. The largest absolute Gasteiger partial charge is 0.301 e. The lowest BCUT2D eigenvalue weighted by Crippen LogP contribution is -2.07. The van der Waals surface area contributed by atoms with E-state index < -0.39 is 12.2 Å². The number of rotatable bonds is 2. The van der Waals surface area contributed by atoms with E-state index >= 15 is 0 Å². The second kappa shape index (κ2) is 3.98. The molecule has 0 unspecified atom stereocenters. The Balaban J connectivity index is 2.57. The van der Waals surface area contributed by atoms with Gasteiger partial charge in [-0.15, -0.1) is 11.3 Å². The summed E-state index contributed by atoms with van der Waals surface area (Å²) in [6, 6.07) is 6.91. The number of halogens is 3. The first-order valence-electron chi connectivity index (χ1n) is 4.10. The van der Waals surface area contributed by atoms with Crippen molar-refractivity contribution < 1.29 is 13.6 Å². The third kappa shape index (κ3) is 1.94. The van der Waals surface area contributed by atoms with Gasteiger partial charge in [0.1, 0.15) is 0 Å². The van der Waals surface area contributed by atoms with Gasteiger partial charge in [-0.25, -0.2) is 8.78 Å². The van der Waals surface area contributed by atoms with E-state index in [0.29, 0.717) is 0 Å². The minimum atomic E-state index is -2.93. The summed E-state index contributed by atoms with van der Waals surface area (Å²) in [4.78, 5) is 11.2. The van der Waals surface area contributed by atoms with Crippen LogP contribution in [0.15, 0.2) is 28.7 Å². The van der Waals surface area contributed by atoms with E-state index in [2.05, 4.69) is 15.9 Å². The lowest BCUT2D eigenvalue weighted by atomic mass is 10.2. The highest BCUT2D eigenvalue weighted by Gasteiger charge is 2.20. The zero-order chi connectivity index (χ0) is 11.0. The van der Waals surface area contributed by atoms with E-state index in [1.165, 1.54) is 6.07 Å². The Bertz CT molecular complexity index is 521. The van der Waals surface area contributed by atoms with Crippen LogP contribution in [-0.4, -0.2) is 12.2 Å². The van der Waals surface area contributed by atoms with Gasteiger partial charge in [0.25, 0.3) is 0 Å². The third-order valence-electron chi connectivity index (χ3n) is 1.95. The molecule has 1 nitrogen and oxygen atoms in total. The van der Waals surface area contributed by atoms with Crippen LogP contribution >= 0.6 is 27.3 Å². The first kappa shape index (κ1) is 10.7. The molecule has 0 fully saturated rings. The topological polar surface area (TPSA) is 17.1 Å². The maximum Gasteiger partial charge on any atom is 0.301 e. The smallest absolute Gasteiger partial charge is 0.287 e. The minimum absolute atomic E-state index is 0.104. The fourth-order valence-electron chi connectivity index (χ4n) is 1.25. The second-order valence-corrected chi connectivity index (χ2v) is 4.87. The van der Waals surface area contributed by atoms with Gasteiger partial charge in [0.15, 0.2) is 0 Å². The molecule has 0 saturated heterocycles. The molecular weight excluding hydrogens is 286 g/mol. The molecule has 0 aliphatic carbocycles. The molecule has 0 atom stereocenters. The SMILES string of the molecule is O=C(c1cc2c(Br)cccc2s1)C(F)F. The molecule has 0 N–H and O–H groups in total. The van der Waals surface area contributed by atoms with Gasteiger partial charge in [-0.05, 0) is 18.2 Å². The van der Waals surface area contributed by atoms with Gasteiger partial charge < -0.3 is 0 Å². The number of fused-ring (bicyclic) bond motifs is 1. The second-order valence-electron chi connectivity index (χ2n) is 2.93. The summed E-state index contributed by atoms with van der Waals surface area (Å²) in [5.41, 5.74) is 0. The molecular formula is C10H5BrF2OS. The van der Waals surface area contributed by atoms with Gasteiger partial charge in [-0.1, -0.05) is 22.0 Å². The number of carbonyl (C=O) groups excluding carboxylic acids is 1. The van der Waals surface area contributed by atoms with Crippen molar-refractivity contribution in [3.8, 4) is 0 Å². The van der Waals surface area contributed by atoms with Crippen LogP contribution in [0, 0.1) is 0 Å². The Morgan fingerprint density at radius 1 is 1.40 bits per heavy atom. The van der Waals surface area contributed by atoms with Crippen molar-refractivity contribution in [1.82, 2.24) is 0 Å². The molecule has 0 spiro atoms. The predicted octanol–water partition coefficient (Wildman–Crippen LogP) is 4.11. The standard InChI is InChI=1S/C10H5BrF2OS/c11-6-2-1-3-7-5(6)4-8(15-7)9(14)10(12)13/h1-4,10H. The highest BCUT2D eigenvalue weighted by atomic mass is 79.9. The van der Waals surface area contributed by atoms with Crippen LogP contribution in [0.3, 0.4) is 0 Å². The lowest BCUT2D eigenvalue weighted by molar-refractivity contribution is 0.0683. The van der Waals surface area contributed by atoms with Crippen molar-refractivity contribution in [3.05, 3.63) is 33.6 Å². The monoisotopic (exact) mass is 290 g/mol. The van der Waals surface area contributed by atoms with E-state index in [4.69, 9.17) is 0 Å². The summed E-state index contributed by atoms with van der Waals surface area (Å²) in [7, 11) is 0. The maximum absolute atomic E-state index is 12.2. The number of thiophene rings is 1. The average molecular weight is 291 g/mol. The molecule has 2 aromatic rings. The number of ketones is 1. The third-order valence-corrected chi connectivity index (χ3v) is 3.76. The normalized spacial score (nSPS) is 11.2. The predicted molar refractivity (Wildman–Crippen MR) is 59.9 cm³/mol. The molecule has 1 aromatic carbocycles. The summed E-state index contributed by atoms with van der Waals surface area (Å²) in [6.07, 6.45) is -2.93. The van der Waals surface area contributed by atoms with Crippen molar-refractivity contribution in [2.45, 2.75) is 6.43 Å². The number of carbonyl (C=O) groups is 1. The van der Waals surface area contributed by atoms with E-state index in [1.54, 1.807) is 12.1 Å². The average Bonchev–Trinajstić information content (AvgIpc) is 2.61. The molecule has 0 amide bonds. The first-order valence-corrected chi connectivity index (χ1v) is 5.71. The zero-order valence-electron chi connectivity index (χ0n) is 7.34. The summed E-state index contributed by atoms with van der Waals surface area (Å²) >= 11 is 4.39. The van der Waals surface area contributed by atoms with Crippen molar-refractivity contribution in [1.29, 1.82) is 0 Å². The van der Waals surface area contributed by atoms with Crippen molar-refractivity contribution >= 4 is 43.1 Å². The fourth-order valence-corrected chi connectivity index (χ4v) is 2.90. The van der Waals surface area contributed by atoms with Gasteiger partial charge in [0.2, 0.25) is 5.78 Å². The van der Waals surface area contributed by atoms with Crippen molar-refractivity contribution in [2.24, 2.45) is 0 Å². The Kier molecular flexibility index (Phi) is 2.84. The highest BCUT2D eigenvalue weighted by Crippen LogP contribution is 2.32. The number of hydrogen-bond donors (Lipinski definition) is 0. The lowest BCUT2D eigenvalue weighted by Gasteiger charge is -1.91. The Labute approximate surface area is 96.8 Å². The van der Waals surface area contributed by atoms with E-state index in [-0.39, 0.29) is 4.88 Å². The Morgan fingerprint density at radius 2 is 2.13 bits per heavy atom. The summed E-state index contributed by atoms with van der Waals surface area (Å²) < 4.78 is 26.0. The molecule has 0 bridgehead atoms. The fraction of sp³-hybridized carbons (Fsp3) is 0.100. The molecule has 0 saturated carbocycles. The van der Waals surface area contributed by atoms with Gasteiger partial charge >= 0.3 is 6.43 Å². The van der Waals surface area contributed by atoms with Gasteiger partial charge in [0.05, 0.1) is 4.88 Å². The van der Waals surface area contributed by atoms with Crippen LogP contribution in [0.1, 0.15) is 9.67 Å². The molecule has 1 heterocycles. The Morgan fingerprint density at radius 3 is 2.73 bits per heavy atom.